The van der Waals surface area contributed by atoms with E-state index in [0.717, 1.165) is 57.8 Å². The Bertz CT molecular complexity index is 1070. The smallest absolute Gasteiger partial charge is 0.200 e. The molecule has 0 N–H and O–H groups in total. The van der Waals surface area contributed by atoms with Gasteiger partial charge >= 0.3 is 0 Å². The fourth-order valence-corrected chi connectivity index (χ4v) is 6.43. The molecule has 2 saturated carbocycles. The molecule has 0 saturated heterocycles. The Morgan fingerprint density at radius 2 is 1.10 bits per heavy atom. The van der Waals surface area contributed by atoms with E-state index in [4.69, 9.17) is 9.47 Å². The third kappa shape index (κ3) is 7.94. The van der Waals surface area contributed by atoms with Gasteiger partial charge in [0.05, 0.1) is 13.2 Å². The third-order valence-electron chi connectivity index (χ3n) is 9.13. The van der Waals surface area contributed by atoms with Crippen LogP contribution in [0.5, 0.6) is 11.5 Å². The lowest BCUT2D eigenvalue weighted by Crippen LogP contribution is -2.20. The molecule has 0 radical (unpaired) electrons. The zero-order valence-corrected chi connectivity index (χ0v) is 24.3. The number of halogens is 4. The summed E-state index contributed by atoms with van der Waals surface area (Å²) in [6, 6.07) is 6.45. The molecule has 4 rings (SSSR count). The van der Waals surface area contributed by atoms with Crippen molar-refractivity contribution in [3.63, 3.8) is 0 Å². The molecule has 0 unspecified atom stereocenters. The molecule has 2 aromatic carbocycles. The molecule has 2 nitrogen and oxygen atoms in total. The van der Waals surface area contributed by atoms with Crippen LogP contribution in [0.2, 0.25) is 0 Å². The highest BCUT2D eigenvalue weighted by Crippen LogP contribution is 2.40. The molecule has 40 heavy (non-hydrogen) atoms. The number of hydrogen-bond donors (Lipinski definition) is 0. The largest absolute Gasteiger partial charge is 0.490 e. The van der Waals surface area contributed by atoms with Crippen LogP contribution in [-0.2, 0) is 0 Å². The summed E-state index contributed by atoms with van der Waals surface area (Å²) >= 11 is 0. The predicted molar refractivity (Wildman–Crippen MR) is 152 cm³/mol. The fraction of sp³-hybridized carbons (Fsp3) is 0.647. The molecule has 6 heteroatoms. The number of ether oxygens (including phenoxy) is 2. The summed E-state index contributed by atoms with van der Waals surface area (Å²) in [5, 5.41) is 0. The average molecular weight is 563 g/mol. The van der Waals surface area contributed by atoms with E-state index in [1.165, 1.54) is 19.3 Å². The van der Waals surface area contributed by atoms with Gasteiger partial charge in [0.2, 0.25) is 11.6 Å². The zero-order chi connectivity index (χ0) is 28.5. The monoisotopic (exact) mass is 562 g/mol. The van der Waals surface area contributed by atoms with Gasteiger partial charge in [0.25, 0.3) is 0 Å². The van der Waals surface area contributed by atoms with Crippen LogP contribution >= 0.6 is 0 Å². The fourth-order valence-electron chi connectivity index (χ4n) is 6.43. The normalized spacial score (nSPS) is 23.2. The first-order chi connectivity index (χ1) is 19.4. The van der Waals surface area contributed by atoms with Crippen LogP contribution in [0.4, 0.5) is 17.6 Å². The van der Waals surface area contributed by atoms with Gasteiger partial charge < -0.3 is 9.47 Å². The molecule has 2 aliphatic carbocycles. The predicted octanol–water partition coefficient (Wildman–Crippen LogP) is 10.6. The average Bonchev–Trinajstić information content (AvgIpc) is 2.96. The van der Waals surface area contributed by atoms with Gasteiger partial charge in [-0.25, -0.2) is 8.78 Å². The molecule has 0 aliphatic heterocycles. The van der Waals surface area contributed by atoms with E-state index >= 15 is 0 Å². The van der Waals surface area contributed by atoms with E-state index in [0.29, 0.717) is 36.5 Å². The highest BCUT2D eigenvalue weighted by Gasteiger charge is 2.28. The van der Waals surface area contributed by atoms with E-state index in [1.807, 2.05) is 0 Å². The lowest BCUT2D eigenvalue weighted by molar-refractivity contribution is 0.191. The van der Waals surface area contributed by atoms with Crippen LogP contribution in [0.15, 0.2) is 24.3 Å². The first-order valence-corrected chi connectivity index (χ1v) is 15.6. The van der Waals surface area contributed by atoms with Gasteiger partial charge in [-0.15, -0.1) is 0 Å². The minimum absolute atomic E-state index is 0.0183. The van der Waals surface area contributed by atoms with Gasteiger partial charge in [0.15, 0.2) is 23.1 Å². The minimum atomic E-state index is -0.905. The summed E-state index contributed by atoms with van der Waals surface area (Å²) < 4.78 is 70.6. The molecule has 0 amide bonds. The second kappa shape index (κ2) is 15.1. The van der Waals surface area contributed by atoms with Crippen molar-refractivity contribution in [2.75, 3.05) is 13.2 Å². The minimum Gasteiger partial charge on any atom is -0.490 e. The number of rotatable bonds is 13. The molecule has 0 aromatic heterocycles. The molecule has 0 spiro atoms. The number of hydrogen-bond acceptors (Lipinski definition) is 2. The van der Waals surface area contributed by atoms with Crippen LogP contribution in [0.25, 0.3) is 0 Å². The maximum absolute atomic E-state index is 14.9. The third-order valence-corrected chi connectivity index (χ3v) is 9.13. The molecule has 2 aliphatic rings. The van der Waals surface area contributed by atoms with Crippen LogP contribution in [-0.4, -0.2) is 13.2 Å². The van der Waals surface area contributed by atoms with E-state index < -0.39 is 23.3 Å². The van der Waals surface area contributed by atoms with Gasteiger partial charge in [-0.2, -0.15) is 8.78 Å². The summed E-state index contributed by atoms with van der Waals surface area (Å²) in [5.41, 5.74) is 0.856. The Labute approximate surface area is 237 Å². The molecule has 2 aromatic rings. The second-order valence-corrected chi connectivity index (χ2v) is 12.2. The second-order valence-electron chi connectivity index (χ2n) is 12.2. The van der Waals surface area contributed by atoms with E-state index in [-0.39, 0.29) is 35.9 Å². The zero-order valence-electron chi connectivity index (χ0n) is 24.3. The molecule has 0 bridgehead atoms. The highest BCUT2D eigenvalue weighted by molar-refractivity contribution is 5.34. The molecular weight excluding hydrogens is 516 g/mol. The quantitative estimate of drug-likeness (QED) is 0.179. The Morgan fingerprint density at radius 3 is 1.68 bits per heavy atom. The first kappa shape index (κ1) is 30.7. The van der Waals surface area contributed by atoms with E-state index in [9.17, 15) is 17.6 Å². The molecular formula is C34H46F4O2. The first-order valence-electron chi connectivity index (χ1n) is 15.6. The Hall–Kier alpha value is -2.24. The van der Waals surface area contributed by atoms with Crippen molar-refractivity contribution in [2.45, 2.75) is 116 Å². The van der Waals surface area contributed by atoms with Crippen molar-refractivity contribution in [1.82, 2.24) is 0 Å². The maximum atomic E-state index is 14.9. The van der Waals surface area contributed by atoms with Gasteiger partial charge in [-0.3, -0.25) is 0 Å². The van der Waals surface area contributed by atoms with Crippen molar-refractivity contribution in [3.05, 3.63) is 58.7 Å². The Kier molecular flexibility index (Phi) is 11.6. The van der Waals surface area contributed by atoms with Crippen molar-refractivity contribution >= 4 is 0 Å². The molecule has 0 heterocycles. The summed E-state index contributed by atoms with van der Waals surface area (Å²) in [7, 11) is 0. The molecule has 222 valence electrons. The van der Waals surface area contributed by atoms with Gasteiger partial charge in [-0.05, 0) is 91.9 Å². The maximum Gasteiger partial charge on any atom is 0.200 e. The van der Waals surface area contributed by atoms with Gasteiger partial charge in [-0.1, -0.05) is 70.9 Å². The van der Waals surface area contributed by atoms with Crippen molar-refractivity contribution in [3.8, 4) is 11.5 Å². The van der Waals surface area contributed by atoms with Crippen LogP contribution < -0.4 is 9.47 Å². The van der Waals surface area contributed by atoms with Gasteiger partial charge in [0.1, 0.15) is 0 Å². The molecule has 2 fully saturated rings. The Morgan fingerprint density at radius 1 is 0.600 bits per heavy atom. The Balaban J connectivity index is 1.24. The number of unbranched alkanes of at least 4 members (excludes halogenated alkanes) is 5. The summed E-state index contributed by atoms with van der Waals surface area (Å²) in [6.45, 7) is 5.05. The van der Waals surface area contributed by atoms with Crippen molar-refractivity contribution in [1.29, 1.82) is 0 Å². The number of benzene rings is 2. The summed E-state index contributed by atoms with van der Waals surface area (Å²) in [4.78, 5) is 0. The molecule has 0 atom stereocenters. The summed E-state index contributed by atoms with van der Waals surface area (Å²) in [5.74, 6) is -2.67. The van der Waals surface area contributed by atoms with Crippen molar-refractivity contribution < 1.29 is 27.0 Å². The van der Waals surface area contributed by atoms with E-state index in [1.54, 1.807) is 24.3 Å². The SMILES string of the molecule is CCCCCCCCOc1ccc(C2CCC(COc3ccc(C4CCC(C)CC4)c(F)c3F)CC2)c(F)c1F. The highest BCUT2D eigenvalue weighted by atomic mass is 19.2. The lowest BCUT2D eigenvalue weighted by Gasteiger charge is -2.29. The lowest BCUT2D eigenvalue weighted by atomic mass is 9.78. The summed E-state index contributed by atoms with van der Waals surface area (Å²) in [6.07, 6.45) is 13.4. The van der Waals surface area contributed by atoms with Gasteiger partial charge in [0, 0.05) is 0 Å². The van der Waals surface area contributed by atoms with E-state index in [2.05, 4.69) is 13.8 Å². The van der Waals surface area contributed by atoms with Crippen LogP contribution in [0, 0.1) is 35.1 Å². The topological polar surface area (TPSA) is 18.5 Å². The van der Waals surface area contributed by atoms with Crippen molar-refractivity contribution in [2.24, 2.45) is 11.8 Å². The standard InChI is InChI=1S/C34H46F4O2/c1-3-4-5-6-7-8-21-39-29-19-17-28(31(35)33(29)37)26-15-11-24(12-16-26)22-40-30-20-18-27(32(36)34(30)38)25-13-9-23(2)10-14-25/h17-20,23-26H,3-16,21-22H2,1-2H3. The van der Waals surface area contributed by atoms with Crippen LogP contribution in [0.1, 0.15) is 127 Å². The van der Waals surface area contributed by atoms with Crippen LogP contribution in [0.3, 0.4) is 0 Å².